The van der Waals surface area contributed by atoms with Crippen molar-refractivity contribution in [1.82, 2.24) is 5.32 Å². The molecule has 1 heterocycles. The molecule has 1 amide bonds. The molecule has 2 aromatic rings. The Morgan fingerprint density at radius 2 is 2.12 bits per heavy atom. The zero-order valence-electron chi connectivity index (χ0n) is 13.8. The van der Waals surface area contributed by atoms with Crippen molar-refractivity contribution in [2.24, 2.45) is 5.73 Å². The predicted molar refractivity (Wildman–Crippen MR) is 93.8 cm³/mol. The third-order valence-corrected chi connectivity index (χ3v) is 4.11. The van der Waals surface area contributed by atoms with Gasteiger partial charge < -0.3 is 25.3 Å². The minimum atomic E-state index is -0.434. The van der Waals surface area contributed by atoms with E-state index in [1.165, 1.54) is 0 Å². The molecular weight excluding hydrogens is 344 g/mol. The average molecular weight is 363 g/mol. The molecule has 0 saturated heterocycles. The molecule has 3 N–H and O–H groups in total. The van der Waals surface area contributed by atoms with E-state index in [1.807, 2.05) is 36.4 Å². The molecule has 0 aromatic heterocycles. The number of rotatable bonds is 7. The summed E-state index contributed by atoms with van der Waals surface area (Å²) >= 11 is 5.98. The number of carbonyl (C=O) groups excluding carboxylic acids is 1. The predicted octanol–water partition coefficient (Wildman–Crippen LogP) is 2.61. The standard InChI is InChI=1S/C18H19ClN2O4/c1-11(18(20)22)21-8-13-5-6-15(17-16(13)24-10-25-17)23-9-12-3-2-4-14(19)7-12/h2-7,11,21H,8-10H2,1H3,(H2,20,22)/t11-/m0/s1. The fourth-order valence-electron chi connectivity index (χ4n) is 2.43. The molecule has 0 unspecified atom stereocenters. The van der Waals surface area contributed by atoms with E-state index in [2.05, 4.69) is 5.32 Å². The molecule has 0 spiro atoms. The highest BCUT2D eigenvalue weighted by Crippen LogP contribution is 2.43. The van der Waals surface area contributed by atoms with E-state index < -0.39 is 11.9 Å². The molecule has 0 aliphatic carbocycles. The highest BCUT2D eigenvalue weighted by atomic mass is 35.5. The Hall–Kier alpha value is -2.44. The SMILES string of the molecule is C[C@H](NCc1ccc(OCc2cccc(Cl)c2)c2c1OCO2)C(N)=O. The van der Waals surface area contributed by atoms with E-state index >= 15 is 0 Å². The number of hydrogen-bond acceptors (Lipinski definition) is 5. The van der Waals surface area contributed by atoms with E-state index in [0.717, 1.165) is 11.1 Å². The minimum absolute atomic E-state index is 0.130. The average Bonchev–Trinajstić information content (AvgIpc) is 3.08. The maximum Gasteiger partial charge on any atom is 0.234 e. The Kier molecular flexibility index (Phi) is 5.31. The van der Waals surface area contributed by atoms with Crippen LogP contribution in [0.2, 0.25) is 5.02 Å². The number of nitrogens with one attached hydrogen (secondary N) is 1. The third kappa shape index (κ3) is 4.15. The highest BCUT2D eigenvalue weighted by molar-refractivity contribution is 6.30. The molecule has 0 radical (unpaired) electrons. The summed E-state index contributed by atoms with van der Waals surface area (Å²) < 4.78 is 16.9. The Morgan fingerprint density at radius 1 is 1.32 bits per heavy atom. The molecule has 3 rings (SSSR count). The zero-order chi connectivity index (χ0) is 17.8. The first-order chi connectivity index (χ1) is 12.0. The molecule has 6 nitrogen and oxygen atoms in total. The summed E-state index contributed by atoms with van der Waals surface area (Å²) in [6, 6.07) is 10.7. The van der Waals surface area contributed by atoms with Gasteiger partial charge in [0.2, 0.25) is 18.4 Å². The smallest absolute Gasteiger partial charge is 0.234 e. The van der Waals surface area contributed by atoms with Gasteiger partial charge in [-0.3, -0.25) is 4.79 Å². The van der Waals surface area contributed by atoms with Crippen LogP contribution in [0.25, 0.3) is 0 Å². The monoisotopic (exact) mass is 362 g/mol. The van der Waals surface area contributed by atoms with Gasteiger partial charge in [0.1, 0.15) is 6.61 Å². The number of fused-ring (bicyclic) bond motifs is 1. The van der Waals surface area contributed by atoms with Gasteiger partial charge in [-0.2, -0.15) is 0 Å². The van der Waals surface area contributed by atoms with Crippen molar-refractivity contribution in [3.63, 3.8) is 0 Å². The summed E-state index contributed by atoms with van der Waals surface area (Å²) in [7, 11) is 0. The van der Waals surface area contributed by atoms with Crippen LogP contribution in [-0.4, -0.2) is 18.7 Å². The molecule has 1 atom stereocenters. The molecule has 1 aliphatic heterocycles. The van der Waals surface area contributed by atoms with Gasteiger partial charge >= 0.3 is 0 Å². The van der Waals surface area contributed by atoms with Crippen LogP contribution in [0.3, 0.4) is 0 Å². The summed E-state index contributed by atoms with van der Waals surface area (Å²) in [5.74, 6) is 1.37. The Morgan fingerprint density at radius 3 is 2.88 bits per heavy atom. The van der Waals surface area contributed by atoms with E-state index in [4.69, 9.17) is 31.5 Å². The van der Waals surface area contributed by atoms with Gasteiger partial charge in [-0.15, -0.1) is 0 Å². The molecule has 2 aromatic carbocycles. The second-order valence-electron chi connectivity index (χ2n) is 5.71. The number of carbonyl (C=O) groups is 1. The van der Waals surface area contributed by atoms with Gasteiger partial charge in [-0.05, 0) is 30.7 Å². The molecule has 0 bridgehead atoms. The molecule has 1 aliphatic rings. The molecule has 132 valence electrons. The van der Waals surface area contributed by atoms with Crippen molar-refractivity contribution in [3.05, 3.63) is 52.5 Å². The van der Waals surface area contributed by atoms with Crippen LogP contribution in [0.4, 0.5) is 0 Å². The summed E-state index contributed by atoms with van der Waals surface area (Å²) in [6.07, 6.45) is 0. The molecule has 0 saturated carbocycles. The first kappa shape index (κ1) is 17.4. The first-order valence-corrected chi connectivity index (χ1v) is 8.24. The molecule has 7 heteroatoms. The Labute approximate surface area is 150 Å². The van der Waals surface area contributed by atoms with Crippen molar-refractivity contribution in [2.75, 3.05) is 6.79 Å². The number of nitrogens with two attached hydrogens (primary N) is 1. The third-order valence-electron chi connectivity index (χ3n) is 3.87. The normalized spacial score (nSPS) is 13.5. The second-order valence-corrected chi connectivity index (χ2v) is 6.15. The van der Waals surface area contributed by atoms with E-state index in [-0.39, 0.29) is 6.79 Å². The fraction of sp³-hybridized carbons (Fsp3) is 0.278. The van der Waals surface area contributed by atoms with E-state index in [9.17, 15) is 4.79 Å². The lowest BCUT2D eigenvalue weighted by atomic mass is 10.1. The lowest BCUT2D eigenvalue weighted by Crippen LogP contribution is -2.38. The van der Waals surface area contributed by atoms with Crippen LogP contribution in [-0.2, 0) is 17.9 Å². The number of ether oxygens (including phenoxy) is 3. The number of primary amides is 1. The summed E-state index contributed by atoms with van der Waals surface area (Å²) in [5, 5.41) is 3.71. The Balaban J connectivity index is 1.72. The lowest BCUT2D eigenvalue weighted by molar-refractivity contribution is -0.119. The van der Waals surface area contributed by atoms with Crippen molar-refractivity contribution in [2.45, 2.75) is 26.1 Å². The largest absolute Gasteiger partial charge is 0.485 e. The van der Waals surface area contributed by atoms with Crippen LogP contribution in [0, 0.1) is 0 Å². The van der Waals surface area contributed by atoms with Gasteiger partial charge in [0.15, 0.2) is 11.5 Å². The van der Waals surface area contributed by atoms with Gasteiger partial charge in [-0.1, -0.05) is 29.8 Å². The number of amides is 1. The first-order valence-electron chi connectivity index (χ1n) is 7.86. The van der Waals surface area contributed by atoms with Crippen molar-refractivity contribution in [1.29, 1.82) is 0 Å². The van der Waals surface area contributed by atoms with Crippen LogP contribution < -0.4 is 25.3 Å². The molecular formula is C18H19ClN2O4. The van der Waals surface area contributed by atoms with Crippen LogP contribution >= 0.6 is 11.6 Å². The number of halogens is 1. The molecule has 25 heavy (non-hydrogen) atoms. The summed E-state index contributed by atoms with van der Waals surface area (Å²) in [4.78, 5) is 11.1. The highest BCUT2D eigenvalue weighted by Gasteiger charge is 2.23. The summed E-state index contributed by atoms with van der Waals surface area (Å²) in [5.41, 5.74) is 7.09. The van der Waals surface area contributed by atoms with Crippen molar-refractivity contribution < 1.29 is 19.0 Å². The van der Waals surface area contributed by atoms with Gasteiger partial charge in [0.25, 0.3) is 0 Å². The zero-order valence-corrected chi connectivity index (χ0v) is 14.5. The quantitative estimate of drug-likeness (QED) is 0.791. The van der Waals surface area contributed by atoms with Gasteiger partial charge in [0, 0.05) is 17.1 Å². The van der Waals surface area contributed by atoms with Crippen LogP contribution in [0.5, 0.6) is 17.2 Å². The van der Waals surface area contributed by atoms with E-state index in [1.54, 1.807) is 6.92 Å². The van der Waals surface area contributed by atoms with Crippen molar-refractivity contribution >= 4 is 17.5 Å². The molecule has 0 fully saturated rings. The summed E-state index contributed by atoms with van der Waals surface area (Å²) in [6.45, 7) is 2.64. The topological polar surface area (TPSA) is 82.8 Å². The second kappa shape index (κ2) is 7.63. The van der Waals surface area contributed by atoms with Gasteiger partial charge in [-0.25, -0.2) is 0 Å². The maximum atomic E-state index is 11.1. The van der Waals surface area contributed by atoms with Crippen LogP contribution in [0.1, 0.15) is 18.1 Å². The Bertz CT molecular complexity index is 782. The maximum absolute atomic E-state index is 11.1. The fourth-order valence-corrected chi connectivity index (χ4v) is 2.64. The van der Waals surface area contributed by atoms with Crippen molar-refractivity contribution in [3.8, 4) is 17.2 Å². The van der Waals surface area contributed by atoms with Gasteiger partial charge in [0.05, 0.1) is 6.04 Å². The van der Waals surface area contributed by atoms with E-state index in [0.29, 0.717) is 35.4 Å². The lowest BCUT2D eigenvalue weighted by Gasteiger charge is -2.14. The van der Waals surface area contributed by atoms with Crippen LogP contribution in [0.15, 0.2) is 36.4 Å². The minimum Gasteiger partial charge on any atom is -0.485 e. The number of hydrogen-bond donors (Lipinski definition) is 2. The number of benzene rings is 2.